The van der Waals surface area contributed by atoms with Gasteiger partial charge in [-0.2, -0.15) is 0 Å². The number of ether oxygens (including phenoxy) is 1. The first kappa shape index (κ1) is 18.1. The zero-order valence-corrected chi connectivity index (χ0v) is 14.9. The molecule has 3 heterocycles. The van der Waals surface area contributed by atoms with Gasteiger partial charge in [-0.05, 0) is 11.6 Å². The SMILES string of the molecule is C=CCN1C(=O)NC(=O)[C@@]2(Cc3cc([N+](=O)[O-])ccc3N3CCOC[C@H]32)C1=O. The van der Waals surface area contributed by atoms with Gasteiger partial charge in [0, 0.05) is 37.3 Å². The molecule has 4 amide bonds. The summed E-state index contributed by atoms with van der Waals surface area (Å²) in [6.07, 6.45) is 1.35. The molecular formula is C18H18N4O6. The predicted octanol–water partition coefficient (Wildman–Crippen LogP) is 0.607. The van der Waals surface area contributed by atoms with E-state index in [1.165, 1.54) is 18.2 Å². The Morgan fingerprint density at radius 3 is 2.89 bits per heavy atom. The fourth-order valence-corrected chi connectivity index (χ4v) is 4.28. The predicted molar refractivity (Wildman–Crippen MR) is 96.6 cm³/mol. The van der Waals surface area contributed by atoms with E-state index in [-0.39, 0.29) is 25.3 Å². The number of hydrogen-bond acceptors (Lipinski definition) is 7. The Hall–Kier alpha value is -3.27. The van der Waals surface area contributed by atoms with E-state index in [1.54, 1.807) is 6.07 Å². The molecule has 146 valence electrons. The number of nitrogens with zero attached hydrogens (tertiary/aromatic N) is 3. The Kier molecular flexibility index (Phi) is 4.15. The molecule has 10 nitrogen and oxygen atoms in total. The van der Waals surface area contributed by atoms with Crippen LogP contribution in [0.25, 0.3) is 0 Å². The molecule has 3 aliphatic rings. The van der Waals surface area contributed by atoms with Gasteiger partial charge in [0.15, 0.2) is 5.41 Å². The van der Waals surface area contributed by atoms with Crippen molar-refractivity contribution in [1.29, 1.82) is 0 Å². The highest BCUT2D eigenvalue weighted by Gasteiger charge is 2.62. The molecule has 28 heavy (non-hydrogen) atoms. The average molecular weight is 386 g/mol. The van der Waals surface area contributed by atoms with Crippen LogP contribution >= 0.6 is 0 Å². The zero-order chi connectivity index (χ0) is 20.1. The van der Waals surface area contributed by atoms with Crippen LogP contribution in [0.15, 0.2) is 30.9 Å². The standard InChI is InChI=1S/C18H18N4O6/c1-2-5-21-16(24)18(15(23)19-17(21)25)9-11-8-12(22(26)27)3-4-13(11)20-6-7-28-10-14(18)20/h2-4,8,14H,1,5-7,9-10H2,(H,19,23,25)/t14-,18-/m0/s1. The number of urea groups is 1. The van der Waals surface area contributed by atoms with Crippen LogP contribution in [-0.4, -0.2) is 60.0 Å². The summed E-state index contributed by atoms with van der Waals surface area (Å²) < 4.78 is 5.56. The third kappa shape index (κ3) is 2.41. The number of hydrogen-bond donors (Lipinski definition) is 1. The summed E-state index contributed by atoms with van der Waals surface area (Å²) >= 11 is 0. The van der Waals surface area contributed by atoms with Crippen LogP contribution in [-0.2, 0) is 20.7 Å². The van der Waals surface area contributed by atoms with E-state index >= 15 is 0 Å². The van der Waals surface area contributed by atoms with Gasteiger partial charge >= 0.3 is 6.03 Å². The maximum absolute atomic E-state index is 13.4. The summed E-state index contributed by atoms with van der Waals surface area (Å²) in [5, 5.41) is 13.5. The highest BCUT2D eigenvalue weighted by Crippen LogP contribution is 2.46. The summed E-state index contributed by atoms with van der Waals surface area (Å²) in [5.74, 6) is -1.35. The Balaban J connectivity index is 1.88. The molecule has 4 rings (SSSR count). The third-order valence-corrected chi connectivity index (χ3v) is 5.56. The largest absolute Gasteiger partial charge is 0.377 e. The zero-order valence-electron chi connectivity index (χ0n) is 14.9. The molecule has 0 aromatic heterocycles. The van der Waals surface area contributed by atoms with Gasteiger partial charge in [0.1, 0.15) is 0 Å². The summed E-state index contributed by atoms with van der Waals surface area (Å²) in [7, 11) is 0. The van der Waals surface area contributed by atoms with Crippen molar-refractivity contribution in [2.45, 2.75) is 12.5 Å². The molecule has 0 radical (unpaired) electrons. The number of morpholine rings is 1. The van der Waals surface area contributed by atoms with E-state index in [4.69, 9.17) is 4.74 Å². The molecule has 1 N–H and O–H groups in total. The van der Waals surface area contributed by atoms with Crippen LogP contribution in [0, 0.1) is 15.5 Å². The van der Waals surface area contributed by atoms with Gasteiger partial charge in [0.2, 0.25) is 11.8 Å². The summed E-state index contributed by atoms with van der Waals surface area (Å²) in [6.45, 7) is 4.46. The van der Waals surface area contributed by atoms with E-state index in [0.29, 0.717) is 18.7 Å². The molecule has 2 fully saturated rings. The molecule has 0 saturated carbocycles. The molecule has 0 bridgehead atoms. The topological polar surface area (TPSA) is 122 Å². The van der Waals surface area contributed by atoms with E-state index in [2.05, 4.69) is 11.9 Å². The van der Waals surface area contributed by atoms with Crippen LogP contribution in [0.1, 0.15) is 5.56 Å². The lowest BCUT2D eigenvalue weighted by molar-refractivity contribution is -0.384. The first-order valence-electron chi connectivity index (χ1n) is 8.80. The van der Waals surface area contributed by atoms with Crippen LogP contribution < -0.4 is 10.2 Å². The summed E-state index contributed by atoms with van der Waals surface area (Å²) in [5.41, 5.74) is -0.483. The van der Waals surface area contributed by atoms with Crippen LogP contribution in [0.2, 0.25) is 0 Å². The van der Waals surface area contributed by atoms with Gasteiger partial charge in [-0.3, -0.25) is 29.9 Å². The molecule has 3 aliphatic heterocycles. The number of carbonyl (C=O) groups is 3. The Labute approximate surface area is 159 Å². The number of non-ortho nitro benzene ring substituents is 1. The van der Waals surface area contributed by atoms with Crippen molar-refractivity contribution in [3.8, 4) is 0 Å². The number of benzene rings is 1. The van der Waals surface area contributed by atoms with Gasteiger partial charge in [-0.1, -0.05) is 6.08 Å². The number of amides is 4. The average Bonchev–Trinajstić information content (AvgIpc) is 2.69. The molecule has 1 spiro atoms. The second-order valence-electron chi connectivity index (χ2n) is 6.97. The monoisotopic (exact) mass is 386 g/mol. The van der Waals surface area contributed by atoms with Gasteiger partial charge in [-0.15, -0.1) is 6.58 Å². The number of carbonyl (C=O) groups excluding carboxylic acids is 3. The molecule has 10 heteroatoms. The van der Waals surface area contributed by atoms with Crippen LogP contribution in [0.5, 0.6) is 0 Å². The minimum absolute atomic E-state index is 0.0466. The molecule has 0 unspecified atom stereocenters. The van der Waals surface area contributed by atoms with Crippen molar-refractivity contribution in [3.63, 3.8) is 0 Å². The quantitative estimate of drug-likeness (QED) is 0.349. The van der Waals surface area contributed by atoms with Crippen molar-refractivity contribution in [2.24, 2.45) is 5.41 Å². The first-order valence-corrected chi connectivity index (χ1v) is 8.80. The Morgan fingerprint density at radius 1 is 1.39 bits per heavy atom. The second kappa shape index (κ2) is 6.41. The highest BCUT2D eigenvalue weighted by molar-refractivity contribution is 6.20. The summed E-state index contributed by atoms with van der Waals surface area (Å²) in [4.78, 5) is 52.1. The van der Waals surface area contributed by atoms with E-state index < -0.39 is 34.2 Å². The van der Waals surface area contributed by atoms with E-state index in [9.17, 15) is 24.5 Å². The highest BCUT2D eigenvalue weighted by atomic mass is 16.6. The van der Waals surface area contributed by atoms with Crippen molar-refractivity contribution in [3.05, 3.63) is 46.5 Å². The number of barbiturate groups is 1. The van der Waals surface area contributed by atoms with Crippen molar-refractivity contribution in [1.82, 2.24) is 10.2 Å². The smallest absolute Gasteiger partial charge is 0.331 e. The Bertz CT molecular complexity index is 915. The molecule has 1 aromatic rings. The lowest BCUT2D eigenvalue weighted by Gasteiger charge is -2.53. The van der Waals surface area contributed by atoms with E-state index in [1.807, 2.05) is 4.90 Å². The minimum Gasteiger partial charge on any atom is -0.377 e. The lowest BCUT2D eigenvalue weighted by Crippen LogP contribution is -2.73. The fourth-order valence-electron chi connectivity index (χ4n) is 4.28. The fraction of sp³-hybridized carbons (Fsp3) is 0.389. The maximum atomic E-state index is 13.4. The van der Waals surface area contributed by atoms with E-state index in [0.717, 1.165) is 10.6 Å². The second-order valence-corrected chi connectivity index (χ2v) is 6.97. The number of nitro benzene ring substituents is 1. The van der Waals surface area contributed by atoms with Crippen molar-refractivity contribution < 1.29 is 24.0 Å². The van der Waals surface area contributed by atoms with Crippen molar-refractivity contribution >= 4 is 29.2 Å². The van der Waals surface area contributed by atoms with Crippen LogP contribution in [0.3, 0.4) is 0 Å². The number of imide groups is 2. The minimum atomic E-state index is -1.61. The number of nitro groups is 1. The number of fused-ring (bicyclic) bond motifs is 4. The van der Waals surface area contributed by atoms with Gasteiger partial charge < -0.3 is 9.64 Å². The Morgan fingerprint density at radius 2 is 2.18 bits per heavy atom. The molecular weight excluding hydrogens is 368 g/mol. The lowest BCUT2D eigenvalue weighted by atomic mass is 9.68. The molecule has 2 atom stereocenters. The van der Waals surface area contributed by atoms with Gasteiger partial charge in [-0.25, -0.2) is 4.79 Å². The molecule has 2 saturated heterocycles. The molecule has 0 aliphatic carbocycles. The van der Waals surface area contributed by atoms with Crippen molar-refractivity contribution in [2.75, 3.05) is 31.2 Å². The number of nitrogens with one attached hydrogen (secondary N) is 1. The van der Waals surface area contributed by atoms with Crippen LogP contribution in [0.4, 0.5) is 16.2 Å². The van der Waals surface area contributed by atoms with Gasteiger partial charge in [0.25, 0.3) is 5.69 Å². The number of rotatable bonds is 3. The normalized spacial score (nSPS) is 26.6. The maximum Gasteiger partial charge on any atom is 0.331 e. The number of anilines is 1. The molecule has 1 aromatic carbocycles. The van der Waals surface area contributed by atoms with Gasteiger partial charge in [0.05, 0.1) is 24.2 Å². The third-order valence-electron chi connectivity index (χ3n) is 5.56. The first-order chi connectivity index (χ1) is 13.4. The summed E-state index contributed by atoms with van der Waals surface area (Å²) in [6, 6.07) is 3.00.